The average Bonchev–Trinajstić information content (AvgIpc) is 3.01. The number of benzene rings is 1. The second-order valence-corrected chi connectivity index (χ2v) is 6.42. The number of nitrogens with zero attached hydrogens (tertiary/aromatic N) is 1. The van der Waals surface area contributed by atoms with Gasteiger partial charge in [-0.3, -0.25) is 9.69 Å². The van der Waals surface area contributed by atoms with E-state index in [-0.39, 0.29) is 11.4 Å². The Morgan fingerprint density at radius 1 is 1.24 bits per heavy atom. The molecular weight excluding hydrogens is 260 g/mol. The summed E-state index contributed by atoms with van der Waals surface area (Å²) in [6.45, 7) is 9.34. The molecule has 2 rings (SSSR count). The number of likely N-dealkylation sites (tertiary alicyclic amines) is 1. The number of rotatable bonds is 5. The molecule has 1 N–H and O–H groups in total. The van der Waals surface area contributed by atoms with Crippen molar-refractivity contribution in [3.63, 3.8) is 0 Å². The number of hydrogen-bond donors (Lipinski definition) is 1. The summed E-state index contributed by atoms with van der Waals surface area (Å²) in [7, 11) is 0. The van der Waals surface area contributed by atoms with Crippen molar-refractivity contribution in [3.8, 4) is 0 Å². The maximum Gasteiger partial charge on any atom is 0.244 e. The number of amides is 1. The minimum Gasteiger partial charge on any atom is -0.351 e. The fourth-order valence-electron chi connectivity index (χ4n) is 2.77. The number of nitrogens with one attached hydrogen (secondary N) is 1. The highest BCUT2D eigenvalue weighted by molar-refractivity contribution is 5.94. The van der Waals surface area contributed by atoms with Gasteiger partial charge in [0.05, 0.1) is 0 Å². The van der Waals surface area contributed by atoms with E-state index in [9.17, 15) is 4.79 Å². The summed E-state index contributed by atoms with van der Waals surface area (Å²) in [6.07, 6.45) is 4.23. The maximum absolute atomic E-state index is 12.1. The van der Waals surface area contributed by atoms with E-state index in [1.165, 1.54) is 12.8 Å². The number of hydrogen-bond acceptors (Lipinski definition) is 2. The van der Waals surface area contributed by atoms with Crippen molar-refractivity contribution < 1.29 is 4.79 Å². The zero-order valence-electron chi connectivity index (χ0n) is 13.4. The van der Waals surface area contributed by atoms with Gasteiger partial charge in [0.1, 0.15) is 0 Å². The Hall–Kier alpha value is -1.61. The molecule has 0 bridgehead atoms. The van der Waals surface area contributed by atoms with Crippen LogP contribution in [-0.2, 0) is 4.79 Å². The summed E-state index contributed by atoms with van der Waals surface area (Å²) in [4.78, 5) is 14.5. The Kier molecular flexibility index (Phi) is 5.18. The normalized spacial score (nSPS) is 17.0. The molecule has 1 aromatic rings. The van der Waals surface area contributed by atoms with Crippen molar-refractivity contribution in [1.29, 1.82) is 0 Å². The second kappa shape index (κ2) is 6.90. The molecule has 114 valence electrons. The highest BCUT2D eigenvalue weighted by Gasteiger charge is 2.28. The second-order valence-electron chi connectivity index (χ2n) is 6.42. The van der Waals surface area contributed by atoms with Gasteiger partial charge >= 0.3 is 0 Å². The molecule has 3 heteroatoms. The Labute approximate surface area is 128 Å². The number of carbonyl (C=O) groups excluding carboxylic acids is 1. The molecule has 0 saturated carbocycles. The first kappa shape index (κ1) is 15.8. The molecule has 0 radical (unpaired) electrons. The first-order valence-corrected chi connectivity index (χ1v) is 7.76. The Balaban J connectivity index is 1.90. The number of carbonyl (C=O) groups is 1. The van der Waals surface area contributed by atoms with Gasteiger partial charge in [-0.1, -0.05) is 30.3 Å². The molecule has 0 unspecified atom stereocenters. The van der Waals surface area contributed by atoms with Gasteiger partial charge < -0.3 is 5.32 Å². The lowest BCUT2D eigenvalue weighted by atomic mass is 10.0. The molecule has 0 aromatic heterocycles. The van der Waals surface area contributed by atoms with Crippen LogP contribution >= 0.6 is 0 Å². The highest BCUT2D eigenvalue weighted by atomic mass is 16.1. The fourth-order valence-corrected chi connectivity index (χ4v) is 2.77. The molecule has 1 saturated heterocycles. The largest absolute Gasteiger partial charge is 0.351 e. The minimum absolute atomic E-state index is 0.0105. The topological polar surface area (TPSA) is 32.3 Å². The van der Waals surface area contributed by atoms with Crippen LogP contribution in [0.25, 0.3) is 5.57 Å². The summed E-state index contributed by atoms with van der Waals surface area (Å²) in [5, 5.41) is 3.04. The molecule has 0 aliphatic carbocycles. The predicted molar refractivity (Wildman–Crippen MR) is 88.0 cm³/mol. The van der Waals surface area contributed by atoms with E-state index >= 15 is 0 Å². The maximum atomic E-state index is 12.1. The molecule has 1 fully saturated rings. The van der Waals surface area contributed by atoms with Gasteiger partial charge in [-0.05, 0) is 57.8 Å². The Morgan fingerprint density at radius 2 is 1.86 bits per heavy atom. The molecule has 0 atom stereocenters. The van der Waals surface area contributed by atoms with Crippen LogP contribution in [0.4, 0.5) is 0 Å². The van der Waals surface area contributed by atoms with Crippen molar-refractivity contribution in [3.05, 3.63) is 42.0 Å². The highest BCUT2D eigenvalue weighted by Crippen LogP contribution is 2.20. The first-order chi connectivity index (χ1) is 9.99. The van der Waals surface area contributed by atoms with Crippen molar-refractivity contribution in [2.75, 3.05) is 19.6 Å². The van der Waals surface area contributed by atoms with Crippen molar-refractivity contribution >= 4 is 11.5 Å². The van der Waals surface area contributed by atoms with Crippen LogP contribution in [0.3, 0.4) is 0 Å². The number of allylic oxidation sites excluding steroid dienone is 1. The lowest BCUT2D eigenvalue weighted by Gasteiger charge is -2.35. The standard InChI is InChI=1S/C18H26N2O/c1-15(16-9-5-4-6-10-16)13-17(21)19-14-18(2,3)20-11-7-8-12-20/h4-6,9-10,13H,7-8,11-12,14H2,1-3H3,(H,19,21)/b15-13+. The van der Waals surface area contributed by atoms with Gasteiger partial charge in [-0.2, -0.15) is 0 Å². The van der Waals surface area contributed by atoms with E-state index in [1.807, 2.05) is 37.3 Å². The lowest BCUT2D eigenvalue weighted by Crippen LogP contribution is -2.50. The smallest absolute Gasteiger partial charge is 0.244 e. The van der Waals surface area contributed by atoms with E-state index in [4.69, 9.17) is 0 Å². The van der Waals surface area contributed by atoms with Crippen LogP contribution in [0.1, 0.15) is 39.2 Å². The SMILES string of the molecule is C/C(=C\C(=O)NCC(C)(C)N1CCCC1)c1ccccc1. The molecule has 1 aromatic carbocycles. The molecule has 1 amide bonds. The first-order valence-electron chi connectivity index (χ1n) is 7.76. The van der Waals surface area contributed by atoms with Gasteiger partial charge in [-0.15, -0.1) is 0 Å². The summed E-state index contributed by atoms with van der Waals surface area (Å²) in [5.41, 5.74) is 2.11. The molecule has 21 heavy (non-hydrogen) atoms. The lowest BCUT2D eigenvalue weighted by molar-refractivity contribution is -0.117. The zero-order valence-corrected chi connectivity index (χ0v) is 13.4. The van der Waals surface area contributed by atoms with E-state index in [1.54, 1.807) is 6.08 Å². The van der Waals surface area contributed by atoms with E-state index in [0.717, 1.165) is 24.2 Å². The summed E-state index contributed by atoms with van der Waals surface area (Å²) < 4.78 is 0. The fraction of sp³-hybridized carbons (Fsp3) is 0.500. The molecule has 0 spiro atoms. The van der Waals surface area contributed by atoms with E-state index in [0.29, 0.717) is 6.54 Å². The van der Waals surface area contributed by atoms with Gasteiger partial charge in [0.15, 0.2) is 0 Å². The summed E-state index contributed by atoms with van der Waals surface area (Å²) in [6, 6.07) is 10.00. The van der Waals surface area contributed by atoms with Crippen molar-refractivity contribution in [1.82, 2.24) is 10.2 Å². The van der Waals surface area contributed by atoms with E-state index in [2.05, 4.69) is 24.1 Å². The van der Waals surface area contributed by atoms with E-state index < -0.39 is 0 Å². The quantitative estimate of drug-likeness (QED) is 0.844. The van der Waals surface area contributed by atoms with Gasteiger partial charge in [0, 0.05) is 18.2 Å². The van der Waals surface area contributed by atoms with Crippen molar-refractivity contribution in [2.24, 2.45) is 0 Å². The van der Waals surface area contributed by atoms with Crippen LogP contribution in [0.2, 0.25) is 0 Å². The summed E-state index contributed by atoms with van der Waals surface area (Å²) >= 11 is 0. The van der Waals surface area contributed by atoms with Gasteiger partial charge in [0.2, 0.25) is 5.91 Å². The molecule has 1 heterocycles. The molecule has 1 aliphatic rings. The van der Waals surface area contributed by atoms with Crippen molar-refractivity contribution in [2.45, 2.75) is 39.2 Å². The van der Waals surface area contributed by atoms with Gasteiger partial charge in [0.25, 0.3) is 0 Å². The third-order valence-electron chi connectivity index (χ3n) is 4.23. The average molecular weight is 286 g/mol. The Morgan fingerprint density at radius 3 is 2.48 bits per heavy atom. The predicted octanol–water partition coefficient (Wildman–Crippen LogP) is 3.08. The third-order valence-corrected chi connectivity index (χ3v) is 4.23. The molecule has 1 aliphatic heterocycles. The van der Waals surface area contributed by atoms with Gasteiger partial charge in [-0.25, -0.2) is 0 Å². The summed E-state index contributed by atoms with van der Waals surface area (Å²) in [5.74, 6) is -0.0105. The van der Waals surface area contributed by atoms with Crippen LogP contribution in [0.5, 0.6) is 0 Å². The third kappa shape index (κ3) is 4.43. The monoisotopic (exact) mass is 286 g/mol. The van der Waals surface area contributed by atoms with Crippen LogP contribution < -0.4 is 5.32 Å². The van der Waals surface area contributed by atoms with Crippen LogP contribution in [0, 0.1) is 0 Å². The minimum atomic E-state index is -0.0105. The van der Waals surface area contributed by atoms with Crippen LogP contribution in [0.15, 0.2) is 36.4 Å². The zero-order chi connectivity index (χ0) is 15.3. The molecular formula is C18H26N2O. The molecule has 3 nitrogen and oxygen atoms in total. The Bertz CT molecular complexity index is 499. The van der Waals surface area contributed by atoms with Crippen LogP contribution in [-0.4, -0.2) is 36.0 Å².